The minimum atomic E-state index is 0.694. The van der Waals surface area contributed by atoms with Crippen molar-refractivity contribution < 1.29 is 0 Å². The largest absolute Gasteiger partial charge is 0.281 e. The molecule has 0 atom stereocenters. The van der Waals surface area contributed by atoms with E-state index in [1.54, 1.807) is 12.3 Å². The molecule has 0 aromatic rings. The first-order chi connectivity index (χ1) is 7.67. The van der Waals surface area contributed by atoms with Crippen LogP contribution < -0.4 is 5.84 Å². The first-order valence-electron chi connectivity index (χ1n) is 4.99. The Kier molecular flexibility index (Phi) is 7.45. The Morgan fingerprint density at radius 2 is 1.94 bits per heavy atom. The minimum Gasteiger partial charge on any atom is -0.281 e. The molecule has 0 heterocycles. The maximum atomic E-state index is 5.87. The lowest BCUT2D eigenvalue weighted by Crippen LogP contribution is -2.27. The van der Waals surface area contributed by atoms with E-state index in [2.05, 4.69) is 18.3 Å². The van der Waals surface area contributed by atoms with Gasteiger partial charge in [0.1, 0.15) is 0 Å². The summed E-state index contributed by atoms with van der Waals surface area (Å²) < 4.78 is 0. The third-order valence-electron chi connectivity index (χ3n) is 1.83. The second kappa shape index (κ2) is 8.44. The molecule has 0 saturated carbocycles. The first-order valence-corrected chi connectivity index (χ1v) is 4.99. The van der Waals surface area contributed by atoms with Gasteiger partial charge in [0.15, 0.2) is 0 Å². The van der Waals surface area contributed by atoms with Crippen molar-refractivity contribution in [1.29, 1.82) is 0 Å². The normalized spacial score (nSPS) is 12.8. The molecule has 0 rings (SSSR count). The van der Waals surface area contributed by atoms with Crippen molar-refractivity contribution >= 4 is 6.72 Å². The second-order valence-corrected chi connectivity index (χ2v) is 2.96. The number of rotatable bonds is 6. The second-order valence-electron chi connectivity index (χ2n) is 2.96. The zero-order valence-corrected chi connectivity index (χ0v) is 9.93. The molecule has 16 heavy (non-hydrogen) atoms. The van der Waals surface area contributed by atoms with Crippen molar-refractivity contribution in [2.24, 2.45) is 10.8 Å². The van der Waals surface area contributed by atoms with Gasteiger partial charge in [-0.05, 0) is 32.7 Å². The lowest BCUT2D eigenvalue weighted by molar-refractivity contribution is 0.480. The molecule has 0 aromatic carbocycles. The van der Waals surface area contributed by atoms with Crippen LogP contribution in [-0.4, -0.2) is 11.7 Å². The number of allylic oxidation sites excluding steroid dienone is 6. The molecule has 3 nitrogen and oxygen atoms in total. The van der Waals surface area contributed by atoms with Crippen LogP contribution in [0.5, 0.6) is 0 Å². The molecule has 0 aliphatic carbocycles. The predicted molar refractivity (Wildman–Crippen MR) is 71.6 cm³/mol. The Morgan fingerprint density at radius 1 is 1.25 bits per heavy atom. The molecule has 0 saturated heterocycles. The fraction of sp³-hybridized carbons (Fsp3) is 0.154. The van der Waals surface area contributed by atoms with Crippen molar-refractivity contribution in [2.45, 2.75) is 13.8 Å². The van der Waals surface area contributed by atoms with Gasteiger partial charge in [-0.25, -0.2) is 5.84 Å². The van der Waals surface area contributed by atoms with Crippen molar-refractivity contribution in [3.05, 3.63) is 60.6 Å². The Morgan fingerprint density at radius 3 is 2.44 bits per heavy atom. The number of nitrogens with zero attached hydrogens (tertiary/aromatic N) is 2. The average Bonchev–Trinajstić information content (AvgIpc) is 2.30. The monoisotopic (exact) mass is 217 g/mol. The summed E-state index contributed by atoms with van der Waals surface area (Å²) in [7, 11) is 0. The SMILES string of the molecule is C=N/C=C\C(=C/C)N(N)C(=C)/C=C\C=C/C. The molecule has 2 N–H and O–H groups in total. The predicted octanol–water partition coefficient (Wildman–Crippen LogP) is 2.93. The molecular weight excluding hydrogens is 198 g/mol. The van der Waals surface area contributed by atoms with Crippen LogP contribution in [-0.2, 0) is 0 Å². The number of nitrogens with two attached hydrogens (primary N) is 1. The first kappa shape index (κ1) is 14.1. The molecule has 0 bridgehead atoms. The maximum Gasteiger partial charge on any atom is 0.0547 e. The zero-order valence-electron chi connectivity index (χ0n) is 9.93. The molecular formula is C13H19N3. The molecule has 0 radical (unpaired) electrons. The van der Waals surface area contributed by atoms with Crippen LogP contribution in [0, 0.1) is 0 Å². The number of aliphatic imine (C=N–C) groups is 1. The van der Waals surface area contributed by atoms with Gasteiger partial charge in [-0.2, -0.15) is 0 Å². The Labute approximate surface area is 97.6 Å². The van der Waals surface area contributed by atoms with E-state index in [1.165, 1.54) is 5.01 Å². The van der Waals surface area contributed by atoms with Crippen LogP contribution in [0.3, 0.4) is 0 Å². The van der Waals surface area contributed by atoms with Crippen molar-refractivity contribution in [1.82, 2.24) is 5.01 Å². The fourth-order valence-corrected chi connectivity index (χ4v) is 0.969. The molecule has 0 fully saturated rings. The van der Waals surface area contributed by atoms with E-state index >= 15 is 0 Å². The van der Waals surface area contributed by atoms with Gasteiger partial charge in [-0.3, -0.25) is 10.0 Å². The Hall–Kier alpha value is -1.87. The van der Waals surface area contributed by atoms with Gasteiger partial charge in [0.25, 0.3) is 0 Å². The molecule has 0 aliphatic heterocycles. The number of hydrogen-bond acceptors (Lipinski definition) is 3. The van der Waals surface area contributed by atoms with Crippen molar-refractivity contribution in [3.63, 3.8) is 0 Å². The fourth-order valence-electron chi connectivity index (χ4n) is 0.969. The zero-order chi connectivity index (χ0) is 12.4. The molecule has 3 heteroatoms. The molecule has 0 unspecified atom stereocenters. The molecule has 86 valence electrons. The Bertz CT molecular complexity index is 346. The topological polar surface area (TPSA) is 41.6 Å². The van der Waals surface area contributed by atoms with Crippen LogP contribution in [0.15, 0.2) is 65.6 Å². The van der Waals surface area contributed by atoms with Gasteiger partial charge in [0.05, 0.1) is 11.4 Å². The standard InChI is InChI=1S/C13H19N3/c1-5-7-8-9-12(3)16(14)13(6-2)10-11-15-4/h5-11H,3-4,14H2,1-2H3/b7-5-,9-8-,11-10-,13-6+. The van der Waals surface area contributed by atoms with E-state index in [0.29, 0.717) is 5.70 Å². The van der Waals surface area contributed by atoms with Gasteiger partial charge >= 0.3 is 0 Å². The molecule has 0 spiro atoms. The van der Waals surface area contributed by atoms with Gasteiger partial charge in [-0.1, -0.05) is 30.9 Å². The minimum absolute atomic E-state index is 0.694. The van der Waals surface area contributed by atoms with Gasteiger partial charge < -0.3 is 0 Å². The highest BCUT2D eigenvalue weighted by Gasteiger charge is 2.01. The van der Waals surface area contributed by atoms with E-state index in [-0.39, 0.29) is 0 Å². The summed E-state index contributed by atoms with van der Waals surface area (Å²) in [5.41, 5.74) is 1.50. The highest BCUT2D eigenvalue weighted by molar-refractivity contribution is 5.30. The van der Waals surface area contributed by atoms with Gasteiger partial charge in [0.2, 0.25) is 0 Å². The third-order valence-corrected chi connectivity index (χ3v) is 1.83. The number of hydrazine groups is 1. The van der Waals surface area contributed by atoms with Crippen molar-refractivity contribution in [3.8, 4) is 0 Å². The Balaban J connectivity index is 4.63. The van der Waals surface area contributed by atoms with E-state index in [4.69, 9.17) is 5.84 Å². The number of hydrogen-bond donors (Lipinski definition) is 1. The van der Waals surface area contributed by atoms with E-state index in [9.17, 15) is 0 Å². The lowest BCUT2D eigenvalue weighted by Gasteiger charge is -2.19. The van der Waals surface area contributed by atoms with Crippen LogP contribution in [0.25, 0.3) is 0 Å². The van der Waals surface area contributed by atoms with Crippen LogP contribution in [0.2, 0.25) is 0 Å². The highest BCUT2D eigenvalue weighted by Crippen LogP contribution is 2.09. The summed E-state index contributed by atoms with van der Waals surface area (Å²) in [6.07, 6.45) is 12.8. The van der Waals surface area contributed by atoms with Gasteiger partial charge in [-0.15, -0.1) is 0 Å². The third kappa shape index (κ3) is 5.12. The lowest BCUT2D eigenvalue weighted by atomic mass is 10.3. The average molecular weight is 217 g/mol. The molecule has 0 amide bonds. The molecule has 0 aromatic heterocycles. The van der Waals surface area contributed by atoms with Crippen LogP contribution in [0.1, 0.15) is 13.8 Å². The van der Waals surface area contributed by atoms with E-state index in [0.717, 1.165) is 5.70 Å². The summed E-state index contributed by atoms with van der Waals surface area (Å²) in [5, 5.41) is 1.49. The smallest absolute Gasteiger partial charge is 0.0547 e. The summed E-state index contributed by atoms with van der Waals surface area (Å²) in [5.74, 6) is 5.87. The maximum absolute atomic E-state index is 5.87. The van der Waals surface area contributed by atoms with E-state index in [1.807, 2.05) is 44.2 Å². The molecule has 0 aliphatic rings. The quantitative estimate of drug-likeness (QED) is 0.322. The highest BCUT2D eigenvalue weighted by atomic mass is 15.4. The summed E-state index contributed by atoms with van der Waals surface area (Å²) in [6.45, 7) is 11.1. The van der Waals surface area contributed by atoms with Crippen LogP contribution >= 0.6 is 0 Å². The van der Waals surface area contributed by atoms with Crippen LogP contribution in [0.4, 0.5) is 0 Å². The summed E-state index contributed by atoms with van der Waals surface area (Å²) in [4.78, 5) is 3.63. The van der Waals surface area contributed by atoms with Crippen molar-refractivity contribution in [2.75, 3.05) is 0 Å². The summed E-state index contributed by atoms with van der Waals surface area (Å²) in [6, 6.07) is 0. The summed E-state index contributed by atoms with van der Waals surface area (Å²) >= 11 is 0. The van der Waals surface area contributed by atoms with E-state index < -0.39 is 0 Å². The van der Waals surface area contributed by atoms with Gasteiger partial charge in [0, 0.05) is 6.20 Å².